The summed E-state index contributed by atoms with van der Waals surface area (Å²) in [5, 5.41) is 13.2. The first-order valence-electron chi connectivity index (χ1n) is 7.31. The van der Waals surface area contributed by atoms with Crippen LogP contribution in [0.4, 0.5) is 5.69 Å². The predicted molar refractivity (Wildman–Crippen MR) is 79.0 cm³/mol. The number of piperidine rings is 1. The summed E-state index contributed by atoms with van der Waals surface area (Å²) in [5.74, 6) is -0.717. The number of aryl methyl sites for hydroxylation is 1. The van der Waals surface area contributed by atoms with E-state index in [0.29, 0.717) is 24.9 Å². The van der Waals surface area contributed by atoms with Gasteiger partial charge in [-0.1, -0.05) is 18.2 Å². The molecule has 1 aromatic carbocycles. The first kappa shape index (κ1) is 13.4. The van der Waals surface area contributed by atoms with Crippen LogP contribution in [0.15, 0.2) is 24.3 Å². The highest BCUT2D eigenvalue weighted by atomic mass is 16.4. The van der Waals surface area contributed by atoms with Crippen LogP contribution in [0.1, 0.15) is 31.2 Å². The maximum atomic E-state index is 11.9. The lowest BCUT2D eigenvalue weighted by atomic mass is 9.82. The molecule has 2 N–H and O–H groups in total. The lowest BCUT2D eigenvalue weighted by molar-refractivity contribution is -0.145. The molecule has 2 aliphatic rings. The summed E-state index contributed by atoms with van der Waals surface area (Å²) >= 11 is 0. The number of anilines is 1. The minimum Gasteiger partial charge on any atom is -0.480 e. The Bertz CT molecular complexity index is 515. The molecular formula is C16H22N2O2. The molecule has 3 rings (SSSR count). The second-order valence-electron chi connectivity index (χ2n) is 6.29. The van der Waals surface area contributed by atoms with Gasteiger partial charge in [0.1, 0.15) is 5.54 Å². The quantitative estimate of drug-likeness (QED) is 0.889. The van der Waals surface area contributed by atoms with Gasteiger partial charge >= 0.3 is 5.97 Å². The maximum Gasteiger partial charge on any atom is 0.329 e. The van der Waals surface area contributed by atoms with Crippen LogP contribution < -0.4 is 5.32 Å². The van der Waals surface area contributed by atoms with E-state index in [0.717, 1.165) is 24.1 Å². The molecule has 2 unspecified atom stereocenters. The molecule has 1 aromatic rings. The topological polar surface area (TPSA) is 52.6 Å². The van der Waals surface area contributed by atoms with Crippen molar-refractivity contribution in [2.45, 2.75) is 50.2 Å². The molecule has 108 valence electrons. The van der Waals surface area contributed by atoms with Crippen molar-refractivity contribution in [1.82, 2.24) is 4.90 Å². The number of carboxylic acids is 1. The molecule has 4 nitrogen and oxygen atoms in total. The Morgan fingerprint density at radius 2 is 1.90 bits per heavy atom. The van der Waals surface area contributed by atoms with Crippen molar-refractivity contribution >= 4 is 11.7 Å². The smallest absolute Gasteiger partial charge is 0.329 e. The number of hydrogen-bond acceptors (Lipinski definition) is 3. The molecule has 0 aromatic heterocycles. The molecule has 2 heterocycles. The number of aliphatic carboxylic acids is 1. The Morgan fingerprint density at radius 1 is 1.30 bits per heavy atom. The monoisotopic (exact) mass is 274 g/mol. The van der Waals surface area contributed by atoms with Gasteiger partial charge in [0.05, 0.1) is 0 Å². The van der Waals surface area contributed by atoms with Gasteiger partial charge in [0.2, 0.25) is 0 Å². The Labute approximate surface area is 119 Å². The number of benzene rings is 1. The van der Waals surface area contributed by atoms with Crippen LogP contribution in [0, 0.1) is 6.92 Å². The number of para-hydroxylation sites is 1. The van der Waals surface area contributed by atoms with E-state index in [1.165, 1.54) is 0 Å². The molecule has 4 heteroatoms. The molecule has 2 fully saturated rings. The highest BCUT2D eigenvalue weighted by molar-refractivity contribution is 5.83. The van der Waals surface area contributed by atoms with Crippen molar-refractivity contribution in [1.29, 1.82) is 0 Å². The number of carboxylic acid groups (broad SMARTS) is 1. The summed E-state index contributed by atoms with van der Waals surface area (Å²) in [4.78, 5) is 14.3. The molecule has 0 aliphatic carbocycles. The summed E-state index contributed by atoms with van der Waals surface area (Å²) in [7, 11) is 2.13. The van der Waals surface area contributed by atoms with Crippen LogP contribution in [-0.4, -0.2) is 40.6 Å². The lowest BCUT2D eigenvalue weighted by Gasteiger charge is -2.43. The highest BCUT2D eigenvalue weighted by Gasteiger charge is 2.51. The molecule has 0 spiro atoms. The Balaban J connectivity index is 1.91. The third kappa shape index (κ3) is 2.08. The normalized spacial score (nSPS) is 33.1. The predicted octanol–water partition coefficient (Wildman–Crippen LogP) is 2.49. The minimum absolute atomic E-state index is 0.390. The standard InChI is InChI=1S/C16H22N2O2/c1-11-5-3-4-6-14(11)17-16(15(19)20)9-12-7-8-13(10-16)18(12)2/h3-6,12-13,17H,7-10H2,1-2H3,(H,19,20). The van der Waals surface area contributed by atoms with Crippen molar-refractivity contribution in [3.63, 3.8) is 0 Å². The average Bonchev–Trinajstić information content (AvgIpc) is 2.64. The summed E-state index contributed by atoms with van der Waals surface area (Å²) in [6, 6.07) is 8.70. The van der Waals surface area contributed by atoms with Gasteiger partial charge in [0, 0.05) is 17.8 Å². The Kier molecular flexibility index (Phi) is 3.21. The van der Waals surface area contributed by atoms with Gasteiger partial charge in [-0.15, -0.1) is 0 Å². The summed E-state index contributed by atoms with van der Waals surface area (Å²) in [5.41, 5.74) is 1.23. The Morgan fingerprint density at radius 3 is 2.45 bits per heavy atom. The average molecular weight is 274 g/mol. The molecule has 2 bridgehead atoms. The number of fused-ring (bicyclic) bond motifs is 2. The fourth-order valence-electron chi connectivity index (χ4n) is 3.77. The zero-order chi connectivity index (χ0) is 14.3. The van der Waals surface area contributed by atoms with Gasteiger partial charge in [-0.3, -0.25) is 0 Å². The van der Waals surface area contributed by atoms with E-state index in [-0.39, 0.29) is 0 Å². The van der Waals surface area contributed by atoms with E-state index in [1.807, 2.05) is 31.2 Å². The fourth-order valence-corrected chi connectivity index (χ4v) is 3.77. The number of hydrogen-bond donors (Lipinski definition) is 2. The molecule has 20 heavy (non-hydrogen) atoms. The van der Waals surface area contributed by atoms with Crippen LogP contribution in [0.5, 0.6) is 0 Å². The van der Waals surface area contributed by atoms with Gasteiger partial charge in [-0.2, -0.15) is 0 Å². The molecule has 2 saturated heterocycles. The maximum absolute atomic E-state index is 11.9. The van der Waals surface area contributed by atoms with Crippen molar-refractivity contribution in [3.8, 4) is 0 Å². The SMILES string of the molecule is Cc1ccccc1NC1(C(=O)O)CC2CCC(C1)N2C. The fraction of sp³-hybridized carbons (Fsp3) is 0.562. The van der Waals surface area contributed by atoms with Gasteiger partial charge in [0.25, 0.3) is 0 Å². The second-order valence-corrected chi connectivity index (χ2v) is 6.29. The van der Waals surface area contributed by atoms with Gasteiger partial charge in [0.15, 0.2) is 0 Å². The largest absolute Gasteiger partial charge is 0.480 e. The van der Waals surface area contributed by atoms with E-state index in [4.69, 9.17) is 0 Å². The highest BCUT2D eigenvalue weighted by Crippen LogP contribution is 2.41. The van der Waals surface area contributed by atoms with Crippen molar-refractivity contribution in [2.75, 3.05) is 12.4 Å². The minimum atomic E-state index is -0.815. The van der Waals surface area contributed by atoms with E-state index in [2.05, 4.69) is 17.3 Å². The van der Waals surface area contributed by atoms with Gasteiger partial charge < -0.3 is 15.3 Å². The zero-order valence-electron chi connectivity index (χ0n) is 12.1. The molecule has 0 amide bonds. The zero-order valence-corrected chi connectivity index (χ0v) is 12.1. The lowest BCUT2D eigenvalue weighted by Crippen LogP contribution is -2.57. The van der Waals surface area contributed by atoms with E-state index < -0.39 is 11.5 Å². The van der Waals surface area contributed by atoms with Crippen molar-refractivity contribution in [2.24, 2.45) is 0 Å². The molecule has 0 radical (unpaired) electrons. The van der Waals surface area contributed by atoms with Crippen LogP contribution in [0.3, 0.4) is 0 Å². The molecule has 0 saturated carbocycles. The number of carbonyl (C=O) groups is 1. The Hall–Kier alpha value is -1.55. The van der Waals surface area contributed by atoms with Crippen molar-refractivity contribution < 1.29 is 9.90 Å². The van der Waals surface area contributed by atoms with Crippen LogP contribution >= 0.6 is 0 Å². The van der Waals surface area contributed by atoms with Gasteiger partial charge in [-0.25, -0.2) is 4.79 Å². The van der Waals surface area contributed by atoms with Crippen LogP contribution in [0.25, 0.3) is 0 Å². The number of nitrogens with one attached hydrogen (secondary N) is 1. The van der Waals surface area contributed by atoms with Gasteiger partial charge in [-0.05, 0) is 51.3 Å². The van der Waals surface area contributed by atoms with Crippen LogP contribution in [-0.2, 0) is 4.79 Å². The van der Waals surface area contributed by atoms with Crippen molar-refractivity contribution in [3.05, 3.63) is 29.8 Å². The third-order valence-corrected chi connectivity index (χ3v) is 5.08. The van der Waals surface area contributed by atoms with E-state index in [9.17, 15) is 9.90 Å². The molecule has 2 aliphatic heterocycles. The molecule has 2 atom stereocenters. The molecular weight excluding hydrogens is 252 g/mol. The second kappa shape index (κ2) is 4.77. The summed E-state index contributed by atoms with van der Waals surface area (Å²) < 4.78 is 0. The summed E-state index contributed by atoms with van der Waals surface area (Å²) in [6.07, 6.45) is 3.60. The number of nitrogens with zero attached hydrogens (tertiary/aromatic N) is 1. The van der Waals surface area contributed by atoms with Crippen LogP contribution in [0.2, 0.25) is 0 Å². The van der Waals surface area contributed by atoms with E-state index >= 15 is 0 Å². The summed E-state index contributed by atoms with van der Waals surface area (Å²) in [6.45, 7) is 2.02. The van der Waals surface area contributed by atoms with E-state index in [1.54, 1.807) is 0 Å². The third-order valence-electron chi connectivity index (χ3n) is 5.08. The number of rotatable bonds is 3. The first-order valence-corrected chi connectivity index (χ1v) is 7.31. The first-order chi connectivity index (χ1) is 9.52.